The molecule has 0 aliphatic rings. The number of hydrogen-bond donors (Lipinski definition) is 1. The van der Waals surface area contributed by atoms with Crippen LogP contribution in [0.2, 0.25) is 5.02 Å². The number of hydrogen-bond acceptors (Lipinski definition) is 6. The van der Waals surface area contributed by atoms with Crippen molar-refractivity contribution in [1.29, 1.82) is 0 Å². The average molecular weight is 492 g/mol. The Balaban J connectivity index is 1.72. The molecule has 1 N–H and O–H groups in total. The molecule has 0 spiro atoms. The molecule has 0 aliphatic carbocycles. The number of pyridine rings is 1. The van der Waals surface area contributed by atoms with Gasteiger partial charge in [-0.3, -0.25) is 4.79 Å². The normalized spacial score (nSPS) is 11.6. The van der Waals surface area contributed by atoms with Gasteiger partial charge in [-0.1, -0.05) is 48.9 Å². The summed E-state index contributed by atoms with van der Waals surface area (Å²) in [5.74, 6) is -0.0753. The number of amides is 1. The van der Waals surface area contributed by atoms with Crippen LogP contribution in [-0.4, -0.2) is 21.8 Å². The number of carbonyl (C=O) groups is 2. The van der Waals surface area contributed by atoms with Crippen LogP contribution >= 0.6 is 22.9 Å². The molecule has 0 saturated carbocycles. The smallest absolute Gasteiger partial charge is 0.338 e. The highest BCUT2D eigenvalue weighted by atomic mass is 35.5. The van der Waals surface area contributed by atoms with E-state index < -0.39 is 12.1 Å². The van der Waals surface area contributed by atoms with Crippen LogP contribution in [0.4, 0.5) is 5.82 Å². The maximum absolute atomic E-state index is 12.6. The summed E-state index contributed by atoms with van der Waals surface area (Å²) in [5, 5.41) is 4.02. The second-order valence-corrected chi connectivity index (χ2v) is 8.95. The molecular weight excluding hydrogens is 470 g/mol. The maximum atomic E-state index is 12.6. The molecule has 1 atom stereocenters. The van der Waals surface area contributed by atoms with Crippen molar-refractivity contribution < 1.29 is 14.3 Å². The predicted molar refractivity (Wildman–Crippen MR) is 135 cm³/mol. The number of aromatic nitrogens is 2. The highest BCUT2D eigenvalue weighted by Gasteiger charge is 2.22. The van der Waals surface area contributed by atoms with Gasteiger partial charge in [-0.2, -0.15) is 0 Å². The van der Waals surface area contributed by atoms with E-state index in [0.29, 0.717) is 33.5 Å². The van der Waals surface area contributed by atoms with Crippen molar-refractivity contribution in [3.05, 3.63) is 88.5 Å². The fraction of sp³-hybridized carbons (Fsp3) is 0.154. The number of halogens is 1. The fourth-order valence-electron chi connectivity index (χ4n) is 3.26. The van der Waals surface area contributed by atoms with E-state index >= 15 is 0 Å². The lowest BCUT2D eigenvalue weighted by atomic mass is 10.1. The van der Waals surface area contributed by atoms with Crippen LogP contribution in [0.1, 0.15) is 41.7 Å². The van der Waals surface area contributed by atoms with Crippen molar-refractivity contribution in [3.8, 4) is 21.7 Å². The highest BCUT2D eigenvalue weighted by molar-refractivity contribution is 7.15. The molecule has 2 aromatic carbocycles. The standard InChI is InChI=1S/C26H22ClN3O3S/c1-3-22(31)29-21-15-19(12-13-28-21)24-23(18-10-7-11-20(27)14-18)30-25(34-24)16(2)33-26(32)17-8-5-4-6-9-17/h4-16H,3H2,1-2H3,(H,28,29,31). The lowest BCUT2D eigenvalue weighted by molar-refractivity contribution is -0.115. The molecule has 8 heteroatoms. The zero-order valence-corrected chi connectivity index (χ0v) is 20.2. The van der Waals surface area contributed by atoms with Crippen molar-refractivity contribution >= 4 is 40.6 Å². The first-order valence-corrected chi connectivity index (χ1v) is 11.9. The number of benzene rings is 2. The Kier molecular flexibility index (Phi) is 7.35. The van der Waals surface area contributed by atoms with Crippen LogP contribution in [0.25, 0.3) is 21.7 Å². The molecule has 0 fully saturated rings. The molecule has 0 saturated heterocycles. The number of thiazole rings is 1. The summed E-state index contributed by atoms with van der Waals surface area (Å²) in [6.07, 6.45) is 1.43. The Morgan fingerprint density at radius 1 is 1.06 bits per heavy atom. The van der Waals surface area contributed by atoms with Gasteiger partial charge in [0.05, 0.1) is 16.1 Å². The predicted octanol–water partition coefficient (Wildman–Crippen LogP) is 6.79. The SMILES string of the molecule is CCC(=O)Nc1cc(-c2sc(C(C)OC(=O)c3ccccc3)nc2-c2cccc(Cl)c2)ccn1. The third kappa shape index (κ3) is 5.50. The maximum Gasteiger partial charge on any atom is 0.338 e. The lowest BCUT2D eigenvalue weighted by Gasteiger charge is -2.10. The number of esters is 1. The van der Waals surface area contributed by atoms with Gasteiger partial charge in [0.15, 0.2) is 6.10 Å². The summed E-state index contributed by atoms with van der Waals surface area (Å²) in [5.41, 5.74) is 2.86. The van der Waals surface area contributed by atoms with Crippen LogP contribution in [0.15, 0.2) is 72.9 Å². The first-order valence-electron chi connectivity index (χ1n) is 10.7. The van der Waals surface area contributed by atoms with E-state index in [4.69, 9.17) is 21.3 Å². The largest absolute Gasteiger partial charge is 0.452 e. The van der Waals surface area contributed by atoms with Crippen molar-refractivity contribution in [3.63, 3.8) is 0 Å². The van der Waals surface area contributed by atoms with E-state index in [0.717, 1.165) is 16.0 Å². The van der Waals surface area contributed by atoms with Crippen LogP contribution in [0.3, 0.4) is 0 Å². The molecule has 1 unspecified atom stereocenters. The van der Waals surface area contributed by atoms with Crippen molar-refractivity contribution in [2.75, 3.05) is 5.32 Å². The molecule has 34 heavy (non-hydrogen) atoms. The molecule has 172 valence electrons. The number of anilines is 1. The van der Waals surface area contributed by atoms with Crippen LogP contribution in [0.5, 0.6) is 0 Å². The van der Waals surface area contributed by atoms with Gasteiger partial charge in [0.25, 0.3) is 0 Å². The molecule has 1 amide bonds. The summed E-state index contributed by atoms with van der Waals surface area (Å²) >= 11 is 7.67. The Labute approximate surface area is 206 Å². The van der Waals surface area contributed by atoms with Crippen molar-refractivity contribution in [2.45, 2.75) is 26.4 Å². The number of carbonyl (C=O) groups excluding carboxylic acids is 2. The van der Waals surface area contributed by atoms with Crippen LogP contribution in [-0.2, 0) is 9.53 Å². The van der Waals surface area contributed by atoms with Crippen LogP contribution in [0, 0.1) is 0 Å². The molecular formula is C26H22ClN3O3S. The Morgan fingerprint density at radius 3 is 2.59 bits per heavy atom. The van der Waals surface area contributed by atoms with Gasteiger partial charge in [-0.15, -0.1) is 11.3 Å². The minimum Gasteiger partial charge on any atom is -0.452 e. The Morgan fingerprint density at radius 2 is 1.85 bits per heavy atom. The minimum atomic E-state index is -0.564. The zero-order valence-electron chi connectivity index (χ0n) is 18.6. The molecule has 4 aromatic rings. The molecule has 2 aromatic heterocycles. The van der Waals surface area contributed by atoms with E-state index in [-0.39, 0.29) is 5.91 Å². The number of nitrogens with one attached hydrogen (secondary N) is 1. The second kappa shape index (κ2) is 10.6. The summed E-state index contributed by atoms with van der Waals surface area (Å²) in [6, 6.07) is 19.9. The third-order valence-corrected chi connectivity index (χ3v) is 6.49. The number of ether oxygens (including phenoxy) is 1. The van der Waals surface area contributed by atoms with Gasteiger partial charge in [-0.25, -0.2) is 14.8 Å². The van der Waals surface area contributed by atoms with Crippen molar-refractivity contribution in [1.82, 2.24) is 9.97 Å². The second-order valence-electron chi connectivity index (χ2n) is 7.49. The van der Waals surface area contributed by atoms with E-state index in [1.807, 2.05) is 30.3 Å². The van der Waals surface area contributed by atoms with Gasteiger partial charge in [0.2, 0.25) is 5.91 Å². The van der Waals surface area contributed by atoms with E-state index in [9.17, 15) is 9.59 Å². The van der Waals surface area contributed by atoms with Gasteiger partial charge >= 0.3 is 5.97 Å². The third-order valence-electron chi connectivity index (χ3n) is 4.99. The first kappa shape index (κ1) is 23.6. The fourth-order valence-corrected chi connectivity index (χ4v) is 4.52. The topological polar surface area (TPSA) is 81.2 Å². The van der Waals surface area contributed by atoms with E-state index in [1.54, 1.807) is 56.4 Å². The summed E-state index contributed by atoms with van der Waals surface area (Å²) in [7, 11) is 0. The minimum absolute atomic E-state index is 0.119. The van der Waals surface area contributed by atoms with Crippen LogP contribution < -0.4 is 5.32 Å². The van der Waals surface area contributed by atoms with Crippen molar-refractivity contribution in [2.24, 2.45) is 0 Å². The van der Waals surface area contributed by atoms with Gasteiger partial charge in [0.1, 0.15) is 10.8 Å². The molecule has 6 nitrogen and oxygen atoms in total. The first-order chi connectivity index (χ1) is 16.4. The van der Waals surface area contributed by atoms with Gasteiger partial charge in [-0.05, 0) is 48.9 Å². The van der Waals surface area contributed by atoms with Gasteiger partial charge in [0, 0.05) is 23.2 Å². The average Bonchev–Trinajstić information content (AvgIpc) is 3.30. The number of rotatable bonds is 7. The highest BCUT2D eigenvalue weighted by Crippen LogP contribution is 2.40. The molecule has 4 rings (SSSR count). The zero-order chi connectivity index (χ0) is 24.1. The molecule has 0 aliphatic heterocycles. The molecule has 0 bridgehead atoms. The quantitative estimate of drug-likeness (QED) is 0.288. The Bertz CT molecular complexity index is 1320. The van der Waals surface area contributed by atoms with E-state index in [1.165, 1.54) is 11.3 Å². The summed E-state index contributed by atoms with van der Waals surface area (Å²) < 4.78 is 5.69. The lowest BCUT2D eigenvalue weighted by Crippen LogP contribution is -2.10. The van der Waals surface area contributed by atoms with E-state index in [2.05, 4.69) is 10.3 Å². The monoisotopic (exact) mass is 491 g/mol. The molecule has 2 heterocycles. The Hall–Kier alpha value is -3.55. The number of nitrogens with zero attached hydrogens (tertiary/aromatic N) is 2. The summed E-state index contributed by atoms with van der Waals surface area (Å²) in [6.45, 7) is 3.58. The molecule has 0 radical (unpaired) electrons. The van der Waals surface area contributed by atoms with Gasteiger partial charge < -0.3 is 10.1 Å². The summed E-state index contributed by atoms with van der Waals surface area (Å²) in [4.78, 5) is 34.3.